The maximum atomic E-state index is 10.6. The minimum Gasteiger partial charge on any atom is -0.475 e. The number of ether oxygens (including phenoxy) is 2. The molecule has 1 saturated heterocycles. The zero-order valence-corrected chi connectivity index (χ0v) is 16.0. The van der Waals surface area contributed by atoms with Crippen LogP contribution in [0.4, 0.5) is 19.1 Å². The standard InChI is InChI=1S/C16H25N3O2.C2HF3O2/c1-3-20-11-14-5-4-6-16(14)12-19(7-8-21-16)15-17-9-13(2)10-18-15;3-2(4,5)1(6)7/h9-10,14H,3-8,11-12H2,1-2H3;(H,6,7)/t14-,16+;/m1./s1. The number of halogens is 3. The molecular weight excluding hydrogens is 379 g/mol. The van der Waals surface area contributed by atoms with Gasteiger partial charge < -0.3 is 19.5 Å². The summed E-state index contributed by atoms with van der Waals surface area (Å²) in [7, 11) is 0. The summed E-state index contributed by atoms with van der Waals surface area (Å²) < 4.78 is 43.6. The topological polar surface area (TPSA) is 84.8 Å². The van der Waals surface area contributed by atoms with Crippen molar-refractivity contribution < 1.29 is 32.5 Å². The molecule has 1 saturated carbocycles. The van der Waals surface area contributed by atoms with Crippen molar-refractivity contribution in [3.05, 3.63) is 18.0 Å². The largest absolute Gasteiger partial charge is 0.490 e. The van der Waals surface area contributed by atoms with Crippen molar-refractivity contribution in [2.75, 3.05) is 37.8 Å². The summed E-state index contributed by atoms with van der Waals surface area (Å²) >= 11 is 0. The Morgan fingerprint density at radius 3 is 2.64 bits per heavy atom. The van der Waals surface area contributed by atoms with Crippen LogP contribution >= 0.6 is 0 Å². The Morgan fingerprint density at radius 1 is 1.43 bits per heavy atom. The van der Waals surface area contributed by atoms with Gasteiger partial charge in [0.25, 0.3) is 0 Å². The van der Waals surface area contributed by atoms with Gasteiger partial charge in [-0.25, -0.2) is 14.8 Å². The van der Waals surface area contributed by atoms with Crippen molar-refractivity contribution in [2.24, 2.45) is 5.92 Å². The number of aromatic nitrogens is 2. The number of hydrogen-bond acceptors (Lipinski definition) is 6. The Balaban J connectivity index is 0.000000345. The monoisotopic (exact) mass is 405 g/mol. The van der Waals surface area contributed by atoms with Crippen molar-refractivity contribution in [2.45, 2.75) is 44.9 Å². The normalized spacial score (nSPS) is 24.8. The van der Waals surface area contributed by atoms with Crippen LogP contribution in [0.1, 0.15) is 31.7 Å². The number of rotatable bonds is 4. The van der Waals surface area contributed by atoms with Gasteiger partial charge in [-0.1, -0.05) is 6.42 Å². The summed E-state index contributed by atoms with van der Waals surface area (Å²) in [5, 5.41) is 7.12. The van der Waals surface area contributed by atoms with Crippen molar-refractivity contribution in [1.29, 1.82) is 0 Å². The number of morpholine rings is 1. The fraction of sp³-hybridized carbons (Fsp3) is 0.722. The van der Waals surface area contributed by atoms with E-state index in [9.17, 15) is 13.2 Å². The molecule has 1 spiro atoms. The molecule has 2 heterocycles. The average Bonchev–Trinajstić information content (AvgIpc) is 3.02. The van der Waals surface area contributed by atoms with Crippen molar-refractivity contribution in [1.82, 2.24) is 9.97 Å². The fourth-order valence-corrected chi connectivity index (χ4v) is 3.54. The molecule has 2 aliphatic rings. The third-order valence-electron chi connectivity index (χ3n) is 4.92. The Kier molecular flexibility index (Phi) is 7.59. The maximum absolute atomic E-state index is 10.6. The van der Waals surface area contributed by atoms with E-state index in [0.717, 1.165) is 50.8 Å². The molecule has 1 aromatic heterocycles. The molecule has 10 heteroatoms. The van der Waals surface area contributed by atoms with Gasteiger partial charge in [0.05, 0.1) is 25.4 Å². The van der Waals surface area contributed by atoms with Gasteiger partial charge in [0.1, 0.15) is 0 Å². The second kappa shape index (κ2) is 9.51. The van der Waals surface area contributed by atoms with Gasteiger partial charge in [-0.05, 0) is 32.3 Å². The molecular formula is C18H26F3N3O4. The number of nitrogens with zero attached hydrogens (tertiary/aromatic N) is 3. The van der Waals surface area contributed by atoms with E-state index in [1.54, 1.807) is 0 Å². The molecule has 1 aliphatic heterocycles. The molecule has 28 heavy (non-hydrogen) atoms. The predicted octanol–water partition coefficient (Wildman–Crippen LogP) is 2.83. The number of carboxylic acids is 1. The Morgan fingerprint density at radius 2 is 2.07 bits per heavy atom. The van der Waals surface area contributed by atoms with Crippen LogP contribution < -0.4 is 4.90 Å². The van der Waals surface area contributed by atoms with Gasteiger partial charge in [-0.3, -0.25) is 0 Å². The van der Waals surface area contributed by atoms with Gasteiger partial charge in [-0.15, -0.1) is 0 Å². The molecule has 2 fully saturated rings. The number of aryl methyl sites for hydroxylation is 1. The number of alkyl halides is 3. The second-order valence-corrected chi connectivity index (χ2v) is 6.95. The van der Waals surface area contributed by atoms with Gasteiger partial charge in [-0.2, -0.15) is 13.2 Å². The molecule has 7 nitrogen and oxygen atoms in total. The molecule has 0 aromatic carbocycles. The van der Waals surface area contributed by atoms with Crippen LogP contribution in [0.25, 0.3) is 0 Å². The van der Waals surface area contributed by atoms with Crippen LogP contribution in [0.3, 0.4) is 0 Å². The third kappa shape index (κ3) is 5.78. The highest BCUT2D eigenvalue weighted by Crippen LogP contribution is 2.41. The lowest BCUT2D eigenvalue weighted by atomic mass is 9.89. The number of hydrogen-bond donors (Lipinski definition) is 1. The van der Waals surface area contributed by atoms with E-state index in [1.807, 2.05) is 19.3 Å². The van der Waals surface area contributed by atoms with E-state index < -0.39 is 12.1 Å². The lowest BCUT2D eigenvalue weighted by Crippen LogP contribution is -2.55. The molecule has 0 radical (unpaired) electrons. The van der Waals surface area contributed by atoms with E-state index >= 15 is 0 Å². The van der Waals surface area contributed by atoms with Crippen molar-refractivity contribution in [3.8, 4) is 0 Å². The summed E-state index contributed by atoms with van der Waals surface area (Å²) in [6, 6.07) is 0. The minimum absolute atomic E-state index is 0.0678. The van der Waals surface area contributed by atoms with E-state index in [4.69, 9.17) is 19.4 Å². The lowest BCUT2D eigenvalue weighted by Gasteiger charge is -2.44. The van der Waals surface area contributed by atoms with Crippen LogP contribution in [-0.4, -0.2) is 65.7 Å². The van der Waals surface area contributed by atoms with Crippen molar-refractivity contribution >= 4 is 11.9 Å². The second-order valence-electron chi connectivity index (χ2n) is 6.95. The first-order valence-electron chi connectivity index (χ1n) is 9.23. The van der Waals surface area contributed by atoms with Gasteiger partial charge in [0.2, 0.25) is 5.95 Å². The number of carboxylic acid groups (broad SMARTS) is 1. The molecule has 0 unspecified atom stereocenters. The van der Waals surface area contributed by atoms with Crippen molar-refractivity contribution in [3.63, 3.8) is 0 Å². The Bertz CT molecular complexity index is 642. The van der Waals surface area contributed by atoms with Crippen LogP contribution in [0.5, 0.6) is 0 Å². The van der Waals surface area contributed by atoms with E-state index in [1.165, 1.54) is 12.8 Å². The first-order chi connectivity index (χ1) is 13.2. The van der Waals surface area contributed by atoms with Gasteiger partial charge in [0, 0.05) is 31.5 Å². The fourth-order valence-electron chi connectivity index (χ4n) is 3.54. The first kappa shape index (κ1) is 22.4. The molecule has 1 aliphatic carbocycles. The molecule has 0 amide bonds. The van der Waals surface area contributed by atoms with E-state index in [-0.39, 0.29) is 5.60 Å². The maximum Gasteiger partial charge on any atom is 0.490 e. The predicted molar refractivity (Wildman–Crippen MR) is 95.2 cm³/mol. The smallest absolute Gasteiger partial charge is 0.475 e. The average molecular weight is 405 g/mol. The van der Waals surface area contributed by atoms with Gasteiger partial charge in [0.15, 0.2) is 0 Å². The first-order valence-corrected chi connectivity index (χ1v) is 9.23. The molecule has 158 valence electrons. The number of anilines is 1. The van der Waals surface area contributed by atoms with E-state index in [2.05, 4.69) is 21.8 Å². The Labute approximate surface area is 161 Å². The number of carbonyl (C=O) groups is 1. The van der Waals surface area contributed by atoms with Crippen LogP contribution in [0.15, 0.2) is 12.4 Å². The van der Waals surface area contributed by atoms with Crippen LogP contribution in [0.2, 0.25) is 0 Å². The molecule has 3 rings (SSSR count). The summed E-state index contributed by atoms with van der Waals surface area (Å²) in [6.07, 6.45) is 2.23. The molecule has 2 atom stereocenters. The SMILES string of the molecule is CCOC[C@H]1CCC[C@]12CN(c1ncc(C)cn1)CCO2.O=C(O)C(F)(F)F. The van der Waals surface area contributed by atoms with Crippen LogP contribution in [0, 0.1) is 12.8 Å². The molecule has 0 bridgehead atoms. The summed E-state index contributed by atoms with van der Waals surface area (Å²) in [6.45, 7) is 8.14. The summed E-state index contributed by atoms with van der Waals surface area (Å²) in [5.74, 6) is -1.44. The summed E-state index contributed by atoms with van der Waals surface area (Å²) in [5.41, 5.74) is 1.03. The third-order valence-corrected chi connectivity index (χ3v) is 4.92. The number of aliphatic carboxylic acids is 1. The highest BCUT2D eigenvalue weighted by Gasteiger charge is 2.47. The zero-order valence-electron chi connectivity index (χ0n) is 16.0. The zero-order chi connectivity index (χ0) is 20.8. The minimum atomic E-state index is -5.08. The summed E-state index contributed by atoms with van der Waals surface area (Å²) in [4.78, 5) is 20.1. The van der Waals surface area contributed by atoms with E-state index in [0.29, 0.717) is 5.92 Å². The lowest BCUT2D eigenvalue weighted by molar-refractivity contribution is -0.192. The highest BCUT2D eigenvalue weighted by atomic mass is 19.4. The van der Waals surface area contributed by atoms with Crippen LogP contribution in [-0.2, 0) is 14.3 Å². The molecule has 1 aromatic rings. The highest BCUT2D eigenvalue weighted by molar-refractivity contribution is 5.73. The quantitative estimate of drug-likeness (QED) is 0.825. The molecule has 1 N–H and O–H groups in total. The Hall–Kier alpha value is -1.94. The van der Waals surface area contributed by atoms with Gasteiger partial charge >= 0.3 is 12.1 Å².